The molecule has 96 valence electrons. The van der Waals surface area contributed by atoms with Gasteiger partial charge >= 0.3 is 5.97 Å². The Hall–Kier alpha value is -1.55. The lowest BCUT2D eigenvalue weighted by Crippen LogP contribution is -2.11. The first-order chi connectivity index (χ1) is 8.53. The maximum atomic E-state index is 13.0. The Labute approximate surface area is 111 Å². The van der Waals surface area contributed by atoms with Crippen molar-refractivity contribution in [3.8, 4) is 6.07 Å². The number of nitriles is 1. The lowest BCUT2D eigenvalue weighted by Gasteiger charge is -2.12. The quantitative estimate of drug-likeness (QED) is 0.632. The Bertz CT molecular complexity index is 501. The summed E-state index contributed by atoms with van der Waals surface area (Å²) in [4.78, 5) is 15.0. The number of hydrogen-bond donors (Lipinski definition) is 0. The van der Waals surface area contributed by atoms with Crippen LogP contribution in [0.5, 0.6) is 0 Å². The molecule has 0 amide bonds. The second-order valence-corrected chi connectivity index (χ2v) is 3.89. The Morgan fingerprint density at radius 1 is 1.67 bits per heavy atom. The molecule has 0 aliphatic rings. The molecule has 0 spiro atoms. The average Bonchev–Trinajstić information content (AvgIpc) is 2.36. The third-order valence-electron chi connectivity index (χ3n) is 2.25. The number of alkyl halides is 3. The van der Waals surface area contributed by atoms with E-state index in [1.165, 1.54) is 13.2 Å². The van der Waals surface area contributed by atoms with E-state index >= 15 is 0 Å². The van der Waals surface area contributed by atoms with Gasteiger partial charge in [-0.1, -0.05) is 15.9 Å². The predicted octanol–water partition coefficient (Wildman–Crippen LogP) is 2.50. The van der Waals surface area contributed by atoms with Crippen LogP contribution in [0.3, 0.4) is 0 Å². The van der Waals surface area contributed by atoms with Gasteiger partial charge < -0.3 is 4.74 Å². The fourth-order valence-corrected chi connectivity index (χ4v) is 1.89. The second-order valence-electron chi connectivity index (χ2n) is 3.33. The van der Waals surface area contributed by atoms with Crippen LogP contribution in [0.15, 0.2) is 6.07 Å². The normalized spacial score (nSPS) is 10.2. The number of methoxy groups -OCH3 is 1. The zero-order chi connectivity index (χ0) is 13.7. The number of halogens is 3. The van der Waals surface area contributed by atoms with Gasteiger partial charge in [-0.25, -0.2) is 13.8 Å². The van der Waals surface area contributed by atoms with E-state index in [2.05, 4.69) is 25.7 Å². The summed E-state index contributed by atoms with van der Waals surface area (Å²) < 4.78 is 30.4. The molecule has 1 heterocycles. The molecule has 0 saturated carbocycles. The van der Waals surface area contributed by atoms with Crippen molar-refractivity contribution in [1.29, 1.82) is 5.26 Å². The van der Waals surface area contributed by atoms with Crippen molar-refractivity contribution < 1.29 is 18.3 Å². The molecule has 0 aromatic carbocycles. The van der Waals surface area contributed by atoms with E-state index in [9.17, 15) is 13.6 Å². The number of rotatable bonds is 4. The molecule has 1 aromatic heterocycles. The highest BCUT2D eigenvalue weighted by atomic mass is 79.9. The minimum Gasteiger partial charge on any atom is -0.469 e. The fraction of sp³-hybridized carbons (Fsp3) is 0.364. The SMILES string of the molecule is COC(=O)Cc1cc(C#N)nc(CBr)c1C(F)F. The van der Waals surface area contributed by atoms with Gasteiger partial charge in [0.2, 0.25) is 0 Å². The number of carbonyl (C=O) groups excluding carboxylic acids is 1. The van der Waals surface area contributed by atoms with E-state index in [1.54, 1.807) is 6.07 Å². The first-order valence-electron chi connectivity index (χ1n) is 4.87. The van der Waals surface area contributed by atoms with Crippen molar-refractivity contribution in [1.82, 2.24) is 4.98 Å². The largest absolute Gasteiger partial charge is 0.469 e. The molecule has 1 rings (SSSR count). The predicted molar refractivity (Wildman–Crippen MR) is 62.3 cm³/mol. The van der Waals surface area contributed by atoms with Crippen LogP contribution in [0, 0.1) is 11.3 Å². The highest BCUT2D eigenvalue weighted by molar-refractivity contribution is 9.08. The van der Waals surface area contributed by atoms with Crippen LogP contribution in [0.2, 0.25) is 0 Å². The third kappa shape index (κ3) is 3.23. The fourth-order valence-electron chi connectivity index (χ4n) is 1.47. The molecule has 0 saturated heterocycles. The smallest absolute Gasteiger partial charge is 0.309 e. The third-order valence-corrected chi connectivity index (χ3v) is 2.78. The number of esters is 1. The summed E-state index contributed by atoms with van der Waals surface area (Å²) in [5.74, 6) is -0.646. The summed E-state index contributed by atoms with van der Waals surface area (Å²) in [5.41, 5.74) is -0.204. The minimum absolute atomic E-state index is 0.00671. The van der Waals surface area contributed by atoms with Gasteiger partial charge in [-0.15, -0.1) is 0 Å². The monoisotopic (exact) mass is 318 g/mol. The van der Waals surface area contributed by atoms with Gasteiger partial charge in [0.25, 0.3) is 6.43 Å². The molecule has 0 unspecified atom stereocenters. The standard InChI is InChI=1S/C11H9BrF2N2O2/c1-18-9(17)3-6-2-7(5-15)16-8(4-12)10(6)11(13)14/h2,11H,3-4H2,1H3. The lowest BCUT2D eigenvalue weighted by molar-refractivity contribution is -0.139. The van der Waals surface area contributed by atoms with Crippen molar-refractivity contribution in [3.63, 3.8) is 0 Å². The van der Waals surface area contributed by atoms with Gasteiger partial charge in [0, 0.05) is 10.9 Å². The van der Waals surface area contributed by atoms with E-state index in [1.807, 2.05) is 0 Å². The van der Waals surface area contributed by atoms with Gasteiger partial charge in [0.05, 0.1) is 19.2 Å². The molecule has 0 radical (unpaired) electrons. The summed E-state index contributed by atoms with van der Waals surface area (Å²) in [6.45, 7) is 0. The van der Waals surface area contributed by atoms with Crippen LogP contribution in [-0.4, -0.2) is 18.1 Å². The maximum absolute atomic E-state index is 13.0. The molecule has 7 heteroatoms. The summed E-state index contributed by atoms with van der Waals surface area (Å²) in [5, 5.41) is 8.85. The van der Waals surface area contributed by atoms with E-state index in [4.69, 9.17) is 5.26 Å². The van der Waals surface area contributed by atoms with Gasteiger partial charge in [-0.2, -0.15) is 5.26 Å². The summed E-state index contributed by atoms with van der Waals surface area (Å²) in [6.07, 6.45) is -3.08. The van der Waals surface area contributed by atoms with Crippen molar-refractivity contribution in [2.24, 2.45) is 0 Å². The van der Waals surface area contributed by atoms with Crippen LogP contribution >= 0.6 is 15.9 Å². The highest BCUT2D eigenvalue weighted by Crippen LogP contribution is 2.28. The molecule has 18 heavy (non-hydrogen) atoms. The molecular formula is C11H9BrF2N2O2. The zero-order valence-corrected chi connectivity index (χ0v) is 11.0. The zero-order valence-electron chi connectivity index (χ0n) is 9.41. The van der Waals surface area contributed by atoms with Crippen molar-refractivity contribution in [3.05, 3.63) is 28.6 Å². The van der Waals surface area contributed by atoms with Crippen LogP contribution in [-0.2, 0) is 21.3 Å². The lowest BCUT2D eigenvalue weighted by atomic mass is 10.0. The highest BCUT2D eigenvalue weighted by Gasteiger charge is 2.21. The molecule has 0 aliphatic heterocycles. The Kier molecular flexibility index (Phi) is 5.16. The van der Waals surface area contributed by atoms with E-state index in [-0.39, 0.29) is 34.3 Å². The van der Waals surface area contributed by atoms with Gasteiger partial charge in [0.1, 0.15) is 11.8 Å². The van der Waals surface area contributed by atoms with E-state index in [0.717, 1.165) is 0 Å². The maximum Gasteiger partial charge on any atom is 0.309 e. The molecule has 0 atom stereocenters. The van der Waals surface area contributed by atoms with Crippen molar-refractivity contribution in [2.75, 3.05) is 7.11 Å². The topological polar surface area (TPSA) is 63.0 Å². The van der Waals surface area contributed by atoms with Crippen molar-refractivity contribution in [2.45, 2.75) is 18.2 Å². The average molecular weight is 319 g/mol. The van der Waals surface area contributed by atoms with Crippen LogP contribution in [0.25, 0.3) is 0 Å². The Morgan fingerprint density at radius 2 is 2.33 bits per heavy atom. The van der Waals surface area contributed by atoms with Crippen LogP contribution in [0.4, 0.5) is 8.78 Å². The Morgan fingerprint density at radius 3 is 2.78 bits per heavy atom. The Balaban J connectivity index is 3.35. The molecule has 0 aliphatic carbocycles. The first kappa shape index (κ1) is 14.5. The van der Waals surface area contributed by atoms with Crippen LogP contribution < -0.4 is 0 Å². The number of pyridine rings is 1. The molecule has 1 aromatic rings. The van der Waals surface area contributed by atoms with Gasteiger partial charge in [0.15, 0.2) is 0 Å². The van der Waals surface area contributed by atoms with E-state index < -0.39 is 12.4 Å². The van der Waals surface area contributed by atoms with E-state index in [0.29, 0.717) is 0 Å². The van der Waals surface area contributed by atoms with Crippen LogP contribution in [0.1, 0.15) is 28.9 Å². The summed E-state index contributed by atoms with van der Waals surface area (Å²) in [6, 6.07) is 2.96. The molecule has 0 N–H and O–H groups in total. The molecule has 0 bridgehead atoms. The van der Waals surface area contributed by atoms with Gasteiger partial charge in [-0.3, -0.25) is 4.79 Å². The number of carbonyl (C=O) groups is 1. The number of aromatic nitrogens is 1. The number of hydrogen-bond acceptors (Lipinski definition) is 4. The minimum atomic E-state index is -2.77. The first-order valence-corrected chi connectivity index (χ1v) is 5.99. The molecular weight excluding hydrogens is 310 g/mol. The molecule has 4 nitrogen and oxygen atoms in total. The number of ether oxygens (including phenoxy) is 1. The molecule has 0 fully saturated rings. The van der Waals surface area contributed by atoms with Crippen molar-refractivity contribution >= 4 is 21.9 Å². The summed E-state index contributed by atoms with van der Waals surface area (Å²) >= 11 is 3.04. The van der Waals surface area contributed by atoms with Gasteiger partial charge in [-0.05, 0) is 11.6 Å². The summed E-state index contributed by atoms with van der Waals surface area (Å²) in [7, 11) is 1.17. The second kappa shape index (κ2) is 6.40. The number of nitrogens with zero attached hydrogens (tertiary/aromatic N) is 2.